The highest BCUT2D eigenvalue weighted by molar-refractivity contribution is 6.12. The quantitative estimate of drug-likeness (QED) is 0.0464. The van der Waals surface area contributed by atoms with Crippen molar-refractivity contribution in [3.63, 3.8) is 0 Å². The summed E-state index contributed by atoms with van der Waals surface area (Å²) in [4.78, 5) is 99.4. The van der Waals surface area contributed by atoms with Gasteiger partial charge in [0.05, 0.1) is 37.9 Å². The van der Waals surface area contributed by atoms with E-state index in [2.05, 4.69) is 21.3 Å². The van der Waals surface area contributed by atoms with E-state index in [4.69, 9.17) is 24.7 Å². The normalized spacial score (nSPS) is 13.5. The zero-order valence-corrected chi connectivity index (χ0v) is 34.9. The van der Waals surface area contributed by atoms with Crippen LogP contribution in [0.3, 0.4) is 0 Å². The van der Waals surface area contributed by atoms with E-state index >= 15 is 0 Å². The number of imide groups is 1. The predicted molar refractivity (Wildman–Crippen MR) is 216 cm³/mol. The molecule has 0 spiro atoms. The zero-order chi connectivity index (χ0) is 43.8. The van der Waals surface area contributed by atoms with Crippen molar-refractivity contribution >= 4 is 53.2 Å². The van der Waals surface area contributed by atoms with Crippen LogP contribution in [0.25, 0.3) is 0 Å². The number of amides is 7. The summed E-state index contributed by atoms with van der Waals surface area (Å²) in [5, 5.41) is 10.7. The molecule has 0 fully saturated rings. The number of Topliss-reactive ketones (excluding diaryl/α,β-unsaturated/α-hetero) is 1. The molecule has 6 N–H and O–H groups in total. The maximum absolute atomic E-state index is 13.6. The van der Waals surface area contributed by atoms with Crippen molar-refractivity contribution in [3.05, 3.63) is 42.0 Å². The first kappa shape index (κ1) is 49.8. The van der Waals surface area contributed by atoms with Crippen LogP contribution in [0.2, 0.25) is 0 Å². The van der Waals surface area contributed by atoms with Crippen LogP contribution >= 0.6 is 0 Å². The van der Waals surface area contributed by atoms with Gasteiger partial charge in [-0.15, -0.1) is 0 Å². The number of ketones is 1. The van der Waals surface area contributed by atoms with E-state index in [1.54, 1.807) is 58.9 Å². The number of unbranched alkanes of at least 4 members (excludes halogenated alkanes) is 2. The molecule has 1 aromatic carbocycles. The molecular formula is C41H62N6O12. The number of primary amides is 1. The second-order valence-corrected chi connectivity index (χ2v) is 15.4. The van der Waals surface area contributed by atoms with Crippen molar-refractivity contribution in [2.24, 2.45) is 23.0 Å². The lowest BCUT2D eigenvalue weighted by Gasteiger charge is -2.24. The molecule has 328 valence electrons. The van der Waals surface area contributed by atoms with E-state index in [-0.39, 0.29) is 101 Å². The highest BCUT2D eigenvalue weighted by atomic mass is 16.6. The maximum atomic E-state index is 13.6. The summed E-state index contributed by atoms with van der Waals surface area (Å²) in [7, 11) is 0. The van der Waals surface area contributed by atoms with Crippen LogP contribution in [0.5, 0.6) is 0 Å². The van der Waals surface area contributed by atoms with Crippen LogP contribution in [0.4, 0.5) is 15.3 Å². The van der Waals surface area contributed by atoms with Gasteiger partial charge in [0.2, 0.25) is 11.8 Å². The van der Waals surface area contributed by atoms with Crippen LogP contribution in [0.1, 0.15) is 85.1 Å². The standard InChI is InChI=1S/C41H62N6O12/c1-28(2)36(46-33(49)11-7-6-8-20-47-34(50)16-17-35(47)51)32(48)26-30(10-9-18-43-39(42)54)37(52)45-31-14-12-29(13-15-31)27-59-40(55)44-19-21-56-22-23-57-24-25-58-38(53)41(3,4)5/h12-17,28,30,36H,6-11,18-27H2,1-5H3,(H,44,55)(H,45,52)(H,46,49)(H3,42,43,54)/t30-,36+/m0/s1. The van der Waals surface area contributed by atoms with Gasteiger partial charge in [0.1, 0.15) is 13.2 Å². The first-order valence-electron chi connectivity index (χ1n) is 20.0. The molecule has 7 amide bonds. The number of alkyl carbamates (subject to hydrolysis) is 1. The Labute approximate surface area is 346 Å². The molecular weight excluding hydrogens is 768 g/mol. The topological polar surface area (TPSA) is 251 Å². The lowest BCUT2D eigenvalue weighted by molar-refractivity contribution is -0.154. The van der Waals surface area contributed by atoms with Gasteiger partial charge < -0.3 is 45.9 Å². The molecule has 1 aromatic rings. The van der Waals surface area contributed by atoms with Gasteiger partial charge in [0, 0.05) is 56.2 Å². The summed E-state index contributed by atoms with van der Waals surface area (Å²) in [5.41, 5.74) is 5.72. The Hall–Kier alpha value is -5.36. The third-order valence-electron chi connectivity index (χ3n) is 8.92. The molecule has 0 bridgehead atoms. The number of nitrogens with two attached hydrogens (primary N) is 1. The summed E-state index contributed by atoms with van der Waals surface area (Å²) in [6, 6.07) is 5.10. The fourth-order valence-corrected chi connectivity index (χ4v) is 5.59. The van der Waals surface area contributed by atoms with Crippen molar-refractivity contribution in [1.82, 2.24) is 20.9 Å². The van der Waals surface area contributed by atoms with Gasteiger partial charge in [-0.3, -0.25) is 33.7 Å². The van der Waals surface area contributed by atoms with Crippen LogP contribution < -0.4 is 27.0 Å². The summed E-state index contributed by atoms with van der Waals surface area (Å²) in [6.07, 6.45) is 4.08. The Morgan fingerprint density at radius 3 is 2.05 bits per heavy atom. The molecule has 1 aliphatic heterocycles. The van der Waals surface area contributed by atoms with Crippen LogP contribution in [-0.4, -0.2) is 111 Å². The molecule has 0 unspecified atom stereocenters. The van der Waals surface area contributed by atoms with Gasteiger partial charge in [0.25, 0.3) is 11.8 Å². The van der Waals surface area contributed by atoms with E-state index in [0.29, 0.717) is 50.1 Å². The molecule has 1 heterocycles. The van der Waals surface area contributed by atoms with E-state index in [1.807, 2.05) is 0 Å². The molecule has 1 aliphatic rings. The Morgan fingerprint density at radius 1 is 0.780 bits per heavy atom. The molecule has 0 saturated carbocycles. The minimum absolute atomic E-state index is 0.0286. The molecule has 18 nitrogen and oxygen atoms in total. The van der Waals surface area contributed by atoms with Gasteiger partial charge in [-0.1, -0.05) is 32.4 Å². The summed E-state index contributed by atoms with van der Waals surface area (Å²) in [6.45, 7) is 10.8. The van der Waals surface area contributed by atoms with Crippen molar-refractivity contribution < 1.29 is 57.3 Å². The number of nitrogens with zero attached hydrogens (tertiary/aromatic N) is 1. The fourth-order valence-electron chi connectivity index (χ4n) is 5.59. The molecule has 0 saturated heterocycles. The van der Waals surface area contributed by atoms with Gasteiger partial charge >= 0.3 is 18.1 Å². The zero-order valence-electron chi connectivity index (χ0n) is 34.9. The molecule has 0 aromatic heterocycles. The molecule has 59 heavy (non-hydrogen) atoms. The van der Waals surface area contributed by atoms with Crippen molar-refractivity contribution in [2.75, 3.05) is 58.0 Å². The number of ether oxygens (including phenoxy) is 4. The monoisotopic (exact) mass is 830 g/mol. The third-order valence-corrected chi connectivity index (χ3v) is 8.92. The lowest BCUT2D eigenvalue weighted by atomic mass is 9.89. The Balaban J connectivity index is 1.78. The largest absolute Gasteiger partial charge is 0.463 e. The van der Waals surface area contributed by atoms with Gasteiger partial charge in [0.15, 0.2) is 5.78 Å². The van der Waals surface area contributed by atoms with Crippen LogP contribution in [0, 0.1) is 17.3 Å². The Kier molecular flexibility index (Phi) is 22.4. The first-order chi connectivity index (χ1) is 28.0. The molecule has 0 aliphatic carbocycles. The van der Waals surface area contributed by atoms with Crippen LogP contribution in [0.15, 0.2) is 36.4 Å². The Bertz CT molecular complexity index is 1570. The highest BCUT2D eigenvalue weighted by Gasteiger charge is 2.30. The molecule has 0 radical (unpaired) electrons. The number of anilines is 1. The predicted octanol–water partition coefficient (Wildman–Crippen LogP) is 3.12. The minimum Gasteiger partial charge on any atom is -0.463 e. The number of carbonyl (C=O) groups is 8. The lowest BCUT2D eigenvalue weighted by Crippen LogP contribution is -2.45. The number of nitrogens with one attached hydrogen (secondary N) is 4. The number of rotatable bonds is 28. The van der Waals surface area contributed by atoms with Gasteiger partial charge in [-0.05, 0) is 70.1 Å². The second-order valence-electron chi connectivity index (χ2n) is 15.4. The average Bonchev–Trinajstić information content (AvgIpc) is 3.50. The third kappa shape index (κ3) is 20.8. The SMILES string of the molecule is CC(C)[C@@H](NC(=O)CCCCCN1C(=O)C=CC1=O)C(=O)C[C@H](CCCNC(N)=O)C(=O)Nc1ccc(COC(=O)NCCOCCOCCOC(=O)C(C)(C)C)cc1. The number of hydrogen-bond donors (Lipinski definition) is 5. The first-order valence-corrected chi connectivity index (χ1v) is 20.0. The van der Waals surface area contributed by atoms with Crippen LogP contribution in [-0.2, 0) is 54.3 Å². The molecule has 2 rings (SSSR count). The van der Waals surface area contributed by atoms with Crippen molar-refractivity contribution in [3.8, 4) is 0 Å². The summed E-state index contributed by atoms with van der Waals surface area (Å²) >= 11 is 0. The van der Waals surface area contributed by atoms with Gasteiger partial charge in [-0.25, -0.2) is 9.59 Å². The minimum atomic E-state index is -0.833. The second kappa shape index (κ2) is 26.6. The highest BCUT2D eigenvalue weighted by Crippen LogP contribution is 2.20. The summed E-state index contributed by atoms with van der Waals surface area (Å²) in [5.74, 6) is -3.09. The average molecular weight is 831 g/mol. The number of hydrogen-bond acceptors (Lipinski definition) is 12. The van der Waals surface area contributed by atoms with E-state index in [9.17, 15) is 38.4 Å². The molecule has 18 heteroatoms. The van der Waals surface area contributed by atoms with E-state index in [1.165, 1.54) is 12.2 Å². The van der Waals surface area contributed by atoms with Crippen molar-refractivity contribution in [1.29, 1.82) is 0 Å². The number of esters is 1. The Morgan fingerprint density at radius 2 is 1.42 bits per heavy atom. The summed E-state index contributed by atoms with van der Waals surface area (Å²) < 4.78 is 21.1. The number of carbonyl (C=O) groups excluding carboxylic acids is 8. The van der Waals surface area contributed by atoms with Crippen molar-refractivity contribution in [2.45, 2.75) is 92.2 Å². The molecule has 2 atom stereocenters. The van der Waals surface area contributed by atoms with Gasteiger partial charge in [-0.2, -0.15) is 0 Å². The van der Waals surface area contributed by atoms with E-state index in [0.717, 1.165) is 4.90 Å². The smallest absolute Gasteiger partial charge is 0.407 e. The maximum Gasteiger partial charge on any atom is 0.407 e. The number of urea groups is 1. The van der Waals surface area contributed by atoms with E-state index < -0.39 is 35.4 Å². The number of benzene rings is 1. The fraction of sp³-hybridized carbons (Fsp3) is 0.610.